The van der Waals surface area contributed by atoms with Gasteiger partial charge in [-0.05, 0) is 62.9 Å². The highest BCUT2D eigenvalue weighted by Crippen LogP contribution is 2.27. The molecule has 0 bridgehead atoms. The maximum absolute atomic E-state index is 12.3. The topological polar surface area (TPSA) is 81.5 Å². The number of carbonyl (C=O) groups is 1. The number of carbonyl (C=O) groups excluding carboxylic acids is 1. The third-order valence-corrected chi connectivity index (χ3v) is 6.81. The molecule has 0 saturated carbocycles. The van der Waals surface area contributed by atoms with Gasteiger partial charge in [0.1, 0.15) is 11.9 Å². The minimum atomic E-state index is 0.0460. The molecule has 35 heavy (non-hydrogen) atoms. The Balaban J connectivity index is 1.33. The molecule has 8 heteroatoms. The van der Waals surface area contributed by atoms with Crippen molar-refractivity contribution in [1.82, 2.24) is 25.0 Å². The number of pyridine rings is 1. The zero-order valence-electron chi connectivity index (χ0n) is 20.5. The third kappa shape index (κ3) is 5.75. The van der Waals surface area contributed by atoms with Crippen LogP contribution in [0.15, 0.2) is 36.5 Å². The number of ether oxygens (including phenoxy) is 2. The van der Waals surface area contributed by atoms with Crippen LogP contribution in [0.1, 0.15) is 44.7 Å². The summed E-state index contributed by atoms with van der Waals surface area (Å²) in [5, 5.41) is 8.93. The Hall–Kier alpha value is -3.13. The number of benzene rings is 1. The van der Waals surface area contributed by atoms with Crippen molar-refractivity contribution in [3.63, 3.8) is 0 Å². The van der Waals surface area contributed by atoms with E-state index in [1.165, 1.54) is 5.69 Å². The predicted octanol–water partition coefficient (Wildman–Crippen LogP) is 4.41. The summed E-state index contributed by atoms with van der Waals surface area (Å²) in [6.07, 6.45) is 7.76. The Labute approximate surface area is 206 Å². The number of urea groups is 1. The normalized spacial score (nSPS) is 17.7. The second kappa shape index (κ2) is 11.1. The Morgan fingerprint density at radius 3 is 2.80 bits per heavy atom. The van der Waals surface area contributed by atoms with Gasteiger partial charge in [0.25, 0.3) is 0 Å². The summed E-state index contributed by atoms with van der Waals surface area (Å²) in [6, 6.07) is 10.5. The van der Waals surface area contributed by atoms with Crippen LogP contribution < -0.4 is 10.1 Å². The molecule has 0 atom stereocenters. The summed E-state index contributed by atoms with van der Waals surface area (Å²) in [7, 11) is 0. The zero-order chi connectivity index (χ0) is 24.0. The second-order valence-corrected chi connectivity index (χ2v) is 9.39. The third-order valence-electron chi connectivity index (χ3n) is 6.81. The molecule has 1 fully saturated rings. The highest BCUT2D eigenvalue weighted by Gasteiger charge is 2.18. The van der Waals surface area contributed by atoms with Crippen LogP contribution in [0, 0.1) is 0 Å². The monoisotopic (exact) mass is 477 g/mol. The molecule has 1 saturated heterocycles. The number of rotatable bonds is 4. The van der Waals surface area contributed by atoms with Crippen molar-refractivity contribution >= 4 is 16.9 Å². The van der Waals surface area contributed by atoms with Gasteiger partial charge in [-0.25, -0.2) is 4.79 Å². The number of nitrogens with zero attached hydrogens (tertiary/aromatic N) is 4. The van der Waals surface area contributed by atoms with E-state index in [4.69, 9.17) is 14.6 Å². The largest absolute Gasteiger partial charge is 0.490 e. The minimum absolute atomic E-state index is 0.0460. The van der Waals surface area contributed by atoms with Gasteiger partial charge in [0, 0.05) is 61.9 Å². The summed E-state index contributed by atoms with van der Waals surface area (Å²) in [6.45, 7) is 6.57. The van der Waals surface area contributed by atoms with Crippen molar-refractivity contribution in [2.24, 2.45) is 0 Å². The second-order valence-electron chi connectivity index (χ2n) is 9.39. The summed E-state index contributed by atoms with van der Waals surface area (Å²) in [4.78, 5) is 19.0. The SMILES string of the molecule is CCNC(=O)N1CCCCn2nc(-c3cnc4ccc(OC5CCOCC5)cc4c3)cc2CCC1. The van der Waals surface area contributed by atoms with E-state index < -0.39 is 0 Å². The van der Waals surface area contributed by atoms with E-state index >= 15 is 0 Å². The van der Waals surface area contributed by atoms with Crippen molar-refractivity contribution in [2.45, 2.75) is 58.1 Å². The van der Waals surface area contributed by atoms with Crippen molar-refractivity contribution in [1.29, 1.82) is 0 Å². The standard InChI is InChI=1S/C27H35N5O3/c1-2-28-27(33)31-11-3-4-13-32-22(6-5-12-31)18-26(30-32)21-16-20-17-24(7-8-25(20)29-19-21)35-23-9-14-34-15-10-23/h7-8,16-19,23H,2-6,9-15H2,1H3,(H,28,33). The van der Waals surface area contributed by atoms with Gasteiger partial charge in [0.15, 0.2) is 0 Å². The summed E-state index contributed by atoms with van der Waals surface area (Å²) < 4.78 is 13.8. The van der Waals surface area contributed by atoms with E-state index in [-0.39, 0.29) is 12.1 Å². The smallest absolute Gasteiger partial charge is 0.317 e. The van der Waals surface area contributed by atoms with Crippen LogP contribution in [-0.4, -0.2) is 64.6 Å². The molecule has 2 aliphatic rings. The first kappa shape index (κ1) is 23.6. The summed E-state index contributed by atoms with van der Waals surface area (Å²) in [5.74, 6) is 0.879. The van der Waals surface area contributed by atoms with Crippen LogP contribution in [0.4, 0.5) is 4.79 Å². The van der Waals surface area contributed by atoms with E-state index in [2.05, 4.69) is 33.2 Å². The zero-order valence-corrected chi connectivity index (χ0v) is 20.5. The van der Waals surface area contributed by atoms with Gasteiger partial charge in [-0.2, -0.15) is 5.10 Å². The molecule has 4 heterocycles. The lowest BCUT2D eigenvalue weighted by molar-refractivity contribution is 0.0256. The van der Waals surface area contributed by atoms with Crippen molar-refractivity contribution < 1.29 is 14.3 Å². The lowest BCUT2D eigenvalue weighted by atomic mass is 10.1. The fraction of sp³-hybridized carbons (Fsp3) is 0.519. The molecule has 1 aromatic carbocycles. The van der Waals surface area contributed by atoms with E-state index in [1.54, 1.807) is 0 Å². The molecule has 2 aliphatic heterocycles. The number of hydrogen-bond acceptors (Lipinski definition) is 5. The molecule has 0 spiro atoms. The Morgan fingerprint density at radius 1 is 1.11 bits per heavy atom. The predicted molar refractivity (Wildman–Crippen MR) is 136 cm³/mol. The highest BCUT2D eigenvalue weighted by atomic mass is 16.5. The first-order valence-corrected chi connectivity index (χ1v) is 12.9. The molecular weight excluding hydrogens is 442 g/mol. The highest BCUT2D eigenvalue weighted by molar-refractivity contribution is 5.84. The van der Waals surface area contributed by atoms with Crippen LogP contribution in [-0.2, 0) is 17.7 Å². The van der Waals surface area contributed by atoms with Crippen LogP contribution in [0.3, 0.4) is 0 Å². The molecule has 2 amide bonds. The molecule has 186 valence electrons. The maximum atomic E-state index is 12.3. The Morgan fingerprint density at radius 2 is 1.94 bits per heavy atom. The van der Waals surface area contributed by atoms with Crippen molar-refractivity contribution in [2.75, 3.05) is 32.8 Å². The number of amides is 2. The molecule has 1 N–H and O–H groups in total. The Bertz CT molecular complexity index is 1150. The average Bonchev–Trinajstić information content (AvgIpc) is 3.29. The first-order valence-electron chi connectivity index (χ1n) is 12.9. The number of nitrogens with one attached hydrogen (secondary N) is 1. The fourth-order valence-corrected chi connectivity index (χ4v) is 4.89. The van der Waals surface area contributed by atoms with E-state index in [0.29, 0.717) is 6.54 Å². The van der Waals surface area contributed by atoms with Gasteiger partial charge >= 0.3 is 6.03 Å². The molecular formula is C27H35N5O3. The maximum Gasteiger partial charge on any atom is 0.317 e. The van der Waals surface area contributed by atoms with Crippen LogP contribution >= 0.6 is 0 Å². The quantitative estimate of drug-likeness (QED) is 0.602. The van der Waals surface area contributed by atoms with Gasteiger partial charge < -0.3 is 19.7 Å². The molecule has 3 aromatic rings. The summed E-state index contributed by atoms with van der Waals surface area (Å²) >= 11 is 0. The van der Waals surface area contributed by atoms with Gasteiger partial charge in [0.05, 0.1) is 24.4 Å². The van der Waals surface area contributed by atoms with Crippen LogP contribution in [0.25, 0.3) is 22.2 Å². The van der Waals surface area contributed by atoms with Gasteiger partial charge in [-0.15, -0.1) is 0 Å². The molecule has 0 aliphatic carbocycles. The first-order chi connectivity index (χ1) is 17.2. The number of hydrogen-bond donors (Lipinski definition) is 1. The van der Waals surface area contributed by atoms with E-state index in [9.17, 15) is 4.79 Å². The van der Waals surface area contributed by atoms with Crippen molar-refractivity contribution in [3.8, 4) is 17.0 Å². The number of aromatic nitrogens is 3. The molecule has 0 unspecified atom stereocenters. The minimum Gasteiger partial charge on any atom is -0.490 e. The van der Waals surface area contributed by atoms with E-state index in [1.807, 2.05) is 30.2 Å². The molecule has 8 nitrogen and oxygen atoms in total. The van der Waals surface area contributed by atoms with Crippen LogP contribution in [0.2, 0.25) is 0 Å². The average molecular weight is 478 g/mol. The molecule has 5 rings (SSSR count). The lowest BCUT2D eigenvalue weighted by Gasteiger charge is -2.24. The van der Waals surface area contributed by atoms with Crippen molar-refractivity contribution in [3.05, 3.63) is 42.2 Å². The fourth-order valence-electron chi connectivity index (χ4n) is 4.89. The van der Waals surface area contributed by atoms with E-state index in [0.717, 1.165) is 99.3 Å². The van der Waals surface area contributed by atoms with Gasteiger partial charge in [-0.1, -0.05) is 0 Å². The number of fused-ring (bicyclic) bond motifs is 2. The van der Waals surface area contributed by atoms with Gasteiger partial charge in [-0.3, -0.25) is 9.67 Å². The Kier molecular flexibility index (Phi) is 7.47. The van der Waals surface area contributed by atoms with Crippen LogP contribution in [0.5, 0.6) is 5.75 Å². The summed E-state index contributed by atoms with van der Waals surface area (Å²) in [5.41, 5.74) is 4.13. The lowest BCUT2D eigenvalue weighted by Crippen LogP contribution is -2.41. The van der Waals surface area contributed by atoms with Gasteiger partial charge in [0.2, 0.25) is 0 Å². The molecule has 2 aromatic heterocycles. The number of aryl methyl sites for hydroxylation is 2. The molecule has 0 radical (unpaired) electrons.